The van der Waals surface area contributed by atoms with Crippen LogP contribution in [0.25, 0.3) is 22.6 Å². The van der Waals surface area contributed by atoms with Crippen molar-refractivity contribution in [3.63, 3.8) is 0 Å². The van der Waals surface area contributed by atoms with E-state index in [9.17, 15) is 13.5 Å². The highest BCUT2D eigenvalue weighted by molar-refractivity contribution is 9.10. The van der Waals surface area contributed by atoms with Gasteiger partial charge in [-0.1, -0.05) is 39.7 Å². The van der Waals surface area contributed by atoms with Crippen LogP contribution in [0, 0.1) is 0 Å². The lowest BCUT2D eigenvalue weighted by Crippen LogP contribution is -2.40. The SMILES string of the molecule is O=S(=O)(c1cc(-c2nc(-c3cccc(Br)c3)c[nH]2)ccc1Cl)N1CCC(O)CC1. The van der Waals surface area contributed by atoms with Crippen LogP contribution < -0.4 is 0 Å². The first-order chi connectivity index (χ1) is 13.8. The van der Waals surface area contributed by atoms with Gasteiger partial charge >= 0.3 is 0 Å². The molecule has 9 heteroatoms. The van der Waals surface area contributed by atoms with E-state index in [1.54, 1.807) is 24.4 Å². The van der Waals surface area contributed by atoms with E-state index in [0.717, 1.165) is 15.7 Å². The third-order valence-corrected chi connectivity index (χ3v) is 7.82. The number of rotatable bonds is 4. The van der Waals surface area contributed by atoms with Crippen LogP contribution in [0.15, 0.2) is 58.0 Å². The number of aliphatic hydroxyl groups excluding tert-OH is 1. The summed E-state index contributed by atoms with van der Waals surface area (Å²) >= 11 is 9.70. The number of benzene rings is 2. The fourth-order valence-electron chi connectivity index (χ4n) is 3.34. The first-order valence-electron chi connectivity index (χ1n) is 9.14. The number of nitrogens with one attached hydrogen (secondary N) is 1. The molecule has 6 nitrogen and oxygen atoms in total. The summed E-state index contributed by atoms with van der Waals surface area (Å²) < 4.78 is 28.5. The summed E-state index contributed by atoms with van der Waals surface area (Å²) in [6.45, 7) is 0.551. The molecule has 3 aromatic rings. The molecule has 29 heavy (non-hydrogen) atoms. The molecule has 152 valence electrons. The Balaban J connectivity index is 1.67. The molecule has 2 N–H and O–H groups in total. The number of hydrogen-bond donors (Lipinski definition) is 2. The zero-order chi connectivity index (χ0) is 20.6. The Morgan fingerprint density at radius 2 is 1.90 bits per heavy atom. The van der Waals surface area contributed by atoms with E-state index in [0.29, 0.717) is 24.2 Å². The smallest absolute Gasteiger partial charge is 0.244 e. The summed E-state index contributed by atoms with van der Waals surface area (Å²) in [5.74, 6) is 0.558. The summed E-state index contributed by atoms with van der Waals surface area (Å²) in [4.78, 5) is 7.77. The van der Waals surface area contributed by atoms with E-state index in [2.05, 4.69) is 25.9 Å². The van der Waals surface area contributed by atoms with Gasteiger partial charge in [0.05, 0.1) is 16.8 Å². The van der Waals surface area contributed by atoms with Crippen LogP contribution in [-0.2, 0) is 10.0 Å². The zero-order valence-electron chi connectivity index (χ0n) is 15.3. The molecule has 0 saturated carbocycles. The van der Waals surface area contributed by atoms with Gasteiger partial charge in [-0.2, -0.15) is 4.31 Å². The molecule has 2 aromatic carbocycles. The Bertz CT molecular complexity index is 1140. The van der Waals surface area contributed by atoms with Crippen LogP contribution in [0.3, 0.4) is 0 Å². The van der Waals surface area contributed by atoms with Crippen LogP contribution in [0.1, 0.15) is 12.8 Å². The van der Waals surface area contributed by atoms with Crippen LogP contribution in [0.5, 0.6) is 0 Å². The highest BCUT2D eigenvalue weighted by atomic mass is 79.9. The van der Waals surface area contributed by atoms with Crippen molar-refractivity contribution in [2.24, 2.45) is 0 Å². The minimum atomic E-state index is -3.76. The van der Waals surface area contributed by atoms with Crippen LogP contribution in [0.4, 0.5) is 0 Å². The highest BCUT2D eigenvalue weighted by Gasteiger charge is 2.30. The van der Waals surface area contributed by atoms with Gasteiger partial charge in [0.2, 0.25) is 10.0 Å². The number of aromatic nitrogens is 2. The van der Waals surface area contributed by atoms with E-state index in [1.165, 1.54) is 4.31 Å². The van der Waals surface area contributed by atoms with Crippen molar-refractivity contribution < 1.29 is 13.5 Å². The third-order valence-electron chi connectivity index (χ3n) is 4.94. The number of aromatic amines is 1. The molecule has 2 heterocycles. The molecule has 1 saturated heterocycles. The minimum absolute atomic E-state index is 0.0495. The summed E-state index contributed by atoms with van der Waals surface area (Å²) in [6.07, 6.45) is 2.17. The average molecular weight is 497 g/mol. The number of piperidine rings is 1. The first-order valence-corrected chi connectivity index (χ1v) is 11.8. The molecule has 0 unspecified atom stereocenters. The lowest BCUT2D eigenvalue weighted by Gasteiger charge is -2.29. The Kier molecular flexibility index (Phi) is 5.81. The number of nitrogens with zero attached hydrogens (tertiary/aromatic N) is 2. The Labute approximate surface area is 182 Å². The molecule has 0 bridgehead atoms. The molecule has 0 aliphatic carbocycles. The van der Waals surface area contributed by atoms with E-state index in [4.69, 9.17) is 11.6 Å². The second kappa shape index (κ2) is 8.20. The van der Waals surface area contributed by atoms with Crippen molar-refractivity contribution in [1.29, 1.82) is 0 Å². The molecular weight excluding hydrogens is 478 g/mol. The maximum absolute atomic E-state index is 13.1. The first kappa shape index (κ1) is 20.6. The van der Waals surface area contributed by atoms with Gasteiger partial charge in [0.1, 0.15) is 10.7 Å². The van der Waals surface area contributed by atoms with E-state index >= 15 is 0 Å². The Morgan fingerprint density at radius 1 is 1.14 bits per heavy atom. The summed E-state index contributed by atoms with van der Waals surface area (Å²) in [7, 11) is -3.76. The van der Waals surface area contributed by atoms with Gasteiger partial charge in [-0.3, -0.25) is 0 Å². The third kappa shape index (κ3) is 4.27. The van der Waals surface area contributed by atoms with Gasteiger partial charge < -0.3 is 10.1 Å². The summed E-state index contributed by atoms with van der Waals surface area (Å²) in [5, 5.41) is 9.83. The summed E-state index contributed by atoms with van der Waals surface area (Å²) in [6, 6.07) is 12.6. The predicted molar refractivity (Wildman–Crippen MR) is 116 cm³/mol. The Morgan fingerprint density at radius 3 is 2.62 bits per heavy atom. The second-order valence-electron chi connectivity index (χ2n) is 6.93. The number of halogens is 2. The van der Waals surface area contributed by atoms with E-state index < -0.39 is 16.1 Å². The largest absolute Gasteiger partial charge is 0.393 e. The van der Waals surface area contributed by atoms with Crippen molar-refractivity contribution in [3.8, 4) is 22.6 Å². The molecular formula is C20H19BrClN3O3S. The summed E-state index contributed by atoms with van der Waals surface area (Å²) in [5.41, 5.74) is 2.33. The number of imidazole rings is 1. The normalized spacial score (nSPS) is 16.2. The van der Waals surface area contributed by atoms with Gasteiger partial charge in [0.25, 0.3) is 0 Å². The fraction of sp³-hybridized carbons (Fsp3) is 0.250. The van der Waals surface area contributed by atoms with Crippen molar-refractivity contribution in [3.05, 3.63) is 58.2 Å². The monoisotopic (exact) mass is 495 g/mol. The van der Waals surface area contributed by atoms with Crippen molar-refractivity contribution >= 4 is 37.6 Å². The fourth-order valence-corrected chi connectivity index (χ4v) is 5.70. The predicted octanol–water partition coefficient (Wildman–Crippen LogP) is 4.31. The molecule has 0 spiro atoms. The van der Waals surface area contributed by atoms with Crippen LogP contribution >= 0.6 is 27.5 Å². The maximum atomic E-state index is 13.1. The quantitative estimate of drug-likeness (QED) is 0.564. The van der Waals surface area contributed by atoms with Gasteiger partial charge in [-0.25, -0.2) is 13.4 Å². The number of H-pyrrole nitrogens is 1. The minimum Gasteiger partial charge on any atom is -0.393 e. The average Bonchev–Trinajstić information content (AvgIpc) is 3.19. The number of sulfonamides is 1. The molecule has 1 aliphatic heterocycles. The van der Waals surface area contributed by atoms with Crippen LogP contribution in [-0.4, -0.2) is 47.0 Å². The molecule has 4 rings (SSSR count). The van der Waals surface area contributed by atoms with Gasteiger partial charge in [-0.05, 0) is 43.2 Å². The Hall–Kier alpha value is -1.71. The van der Waals surface area contributed by atoms with Crippen molar-refractivity contribution in [1.82, 2.24) is 14.3 Å². The van der Waals surface area contributed by atoms with Gasteiger partial charge in [-0.15, -0.1) is 0 Å². The zero-order valence-corrected chi connectivity index (χ0v) is 18.5. The highest BCUT2D eigenvalue weighted by Crippen LogP contribution is 2.31. The van der Waals surface area contributed by atoms with Crippen molar-refractivity contribution in [2.75, 3.05) is 13.1 Å². The maximum Gasteiger partial charge on any atom is 0.244 e. The number of hydrogen-bond acceptors (Lipinski definition) is 4. The van der Waals surface area contributed by atoms with Gasteiger partial charge in [0, 0.05) is 34.9 Å². The standard InChI is InChI=1S/C20H19BrClN3O3S/c21-15-3-1-2-13(10-15)18-12-23-20(24-18)14-4-5-17(22)19(11-14)29(27,28)25-8-6-16(26)7-9-25/h1-5,10-12,16,26H,6-9H2,(H,23,24). The molecule has 1 aromatic heterocycles. The molecule has 0 atom stereocenters. The van der Waals surface area contributed by atoms with E-state index in [-0.39, 0.29) is 23.0 Å². The van der Waals surface area contributed by atoms with Crippen molar-refractivity contribution in [2.45, 2.75) is 23.8 Å². The molecule has 0 amide bonds. The lowest BCUT2D eigenvalue weighted by molar-refractivity contribution is 0.113. The topological polar surface area (TPSA) is 86.3 Å². The lowest BCUT2D eigenvalue weighted by atomic mass is 10.1. The molecule has 0 radical (unpaired) electrons. The molecule has 1 aliphatic rings. The molecule has 1 fully saturated rings. The number of aliphatic hydroxyl groups is 1. The van der Waals surface area contributed by atoms with Crippen LogP contribution in [0.2, 0.25) is 5.02 Å². The second-order valence-corrected chi connectivity index (χ2v) is 10.2. The van der Waals surface area contributed by atoms with Gasteiger partial charge in [0.15, 0.2) is 0 Å². The van der Waals surface area contributed by atoms with E-state index in [1.807, 2.05) is 24.3 Å².